The van der Waals surface area contributed by atoms with E-state index in [4.69, 9.17) is 10.6 Å². The molecule has 0 fully saturated rings. The number of hydrogen-bond donors (Lipinski definition) is 2. The number of nitrogens with two attached hydrogens (primary N) is 1. The van der Waals surface area contributed by atoms with E-state index in [0.717, 1.165) is 27.9 Å². The average molecular weight is 317 g/mol. The molecule has 0 saturated carbocycles. The monoisotopic (exact) mass is 316 g/mol. The second-order valence-corrected chi connectivity index (χ2v) is 4.57. The number of nitrogens with zero attached hydrogens (tertiary/aromatic N) is 2. The molecule has 0 saturated heterocycles. The summed E-state index contributed by atoms with van der Waals surface area (Å²) in [6.07, 6.45) is 3.56. The number of H-pyrrole nitrogens is 1. The molecule has 0 radical (unpaired) electrons. The first-order valence-electron chi connectivity index (χ1n) is 6.77. The van der Waals surface area contributed by atoms with Crippen molar-refractivity contribution in [1.29, 1.82) is 0 Å². The molecule has 0 aliphatic rings. The van der Waals surface area contributed by atoms with Crippen LogP contribution in [-0.4, -0.2) is 28.8 Å². The maximum absolute atomic E-state index is 5.44. The van der Waals surface area contributed by atoms with E-state index in [1.54, 1.807) is 12.4 Å². The molecule has 2 heterocycles. The normalized spacial score (nSPS) is 11.2. The second kappa shape index (κ2) is 7.59. The predicted octanol–water partition coefficient (Wildman–Crippen LogP) is 2.71. The maximum atomic E-state index is 5.44. The molecule has 1 aromatic carbocycles. The number of oxime groups is 1. The molecular formula is C16H17ClN4O. The highest BCUT2D eigenvalue weighted by Crippen LogP contribution is 2.17. The standard InChI is InChI=1S/C16H16N4O.ClH/c17-7-9-21-20-16(12-4-2-1-3-5-12)14-10-13-6-8-18-11-15(13)19-14;/h1-6,8,10-11,19H,7,9,17H2;1H/b20-16+;. The van der Waals surface area contributed by atoms with Gasteiger partial charge in [0.1, 0.15) is 12.3 Å². The maximum Gasteiger partial charge on any atom is 0.133 e. The Kier molecular flexibility index (Phi) is 5.52. The zero-order chi connectivity index (χ0) is 14.5. The van der Waals surface area contributed by atoms with Gasteiger partial charge in [0.15, 0.2) is 0 Å². The first kappa shape index (κ1) is 16.0. The predicted molar refractivity (Wildman–Crippen MR) is 90.4 cm³/mol. The lowest BCUT2D eigenvalue weighted by Gasteiger charge is -2.05. The molecule has 0 bridgehead atoms. The van der Waals surface area contributed by atoms with Gasteiger partial charge in [-0.1, -0.05) is 35.5 Å². The largest absolute Gasteiger partial charge is 0.394 e. The highest BCUT2D eigenvalue weighted by Gasteiger charge is 2.11. The van der Waals surface area contributed by atoms with Gasteiger partial charge in [0, 0.05) is 23.7 Å². The Labute approximate surface area is 134 Å². The van der Waals surface area contributed by atoms with Gasteiger partial charge < -0.3 is 15.6 Å². The minimum Gasteiger partial charge on any atom is -0.394 e. The minimum atomic E-state index is 0. The number of benzene rings is 1. The Morgan fingerprint density at radius 1 is 1.23 bits per heavy atom. The summed E-state index contributed by atoms with van der Waals surface area (Å²) in [4.78, 5) is 12.7. The smallest absolute Gasteiger partial charge is 0.133 e. The van der Waals surface area contributed by atoms with Crippen LogP contribution in [0, 0.1) is 0 Å². The summed E-state index contributed by atoms with van der Waals surface area (Å²) in [5.41, 5.74) is 9.03. The van der Waals surface area contributed by atoms with E-state index in [-0.39, 0.29) is 12.4 Å². The lowest BCUT2D eigenvalue weighted by molar-refractivity contribution is 0.152. The molecule has 2 aromatic heterocycles. The molecule has 0 unspecified atom stereocenters. The number of hydrogen-bond acceptors (Lipinski definition) is 4. The van der Waals surface area contributed by atoms with Crippen LogP contribution >= 0.6 is 12.4 Å². The van der Waals surface area contributed by atoms with E-state index in [1.807, 2.05) is 42.5 Å². The van der Waals surface area contributed by atoms with Gasteiger partial charge in [-0.15, -0.1) is 12.4 Å². The molecule has 22 heavy (non-hydrogen) atoms. The Morgan fingerprint density at radius 2 is 2.05 bits per heavy atom. The van der Waals surface area contributed by atoms with Crippen LogP contribution < -0.4 is 5.73 Å². The molecule has 3 rings (SSSR count). The first-order chi connectivity index (χ1) is 10.4. The second-order valence-electron chi connectivity index (χ2n) is 4.57. The molecule has 3 N–H and O–H groups in total. The van der Waals surface area contributed by atoms with Crippen LogP contribution in [0.4, 0.5) is 0 Å². The molecule has 0 aliphatic heterocycles. The molecule has 0 aliphatic carbocycles. The summed E-state index contributed by atoms with van der Waals surface area (Å²) in [7, 11) is 0. The van der Waals surface area contributed by atoms with Crippen LogP contribution in [0.3, 0.4) is 0 Å². The highest BCUT2D eigenvalue weighted by atomic mass is 35.5. The zero-order valence-corrected chi connectivity index (χ0v) is 12.7. The number of aromatic amines is 1. The summed E-state index contributed by atoms with van der Waals surface area (Å²) in [6, 6.07) is 13.9. The van der Waals surface area contributed by atoms with Crippen LogP contribution in [0.15, 0.2) is 60.0 Å². The van der Waals surface area contributed by atoms with E-state index in [1.165, 1.54) is 0 Å². The summed E-state index contributed by atoms with van der Waals surface area (Å²) in [6.45, 7) is 0.820. The van der Waals surface area contributed by atoms with Gasteiger partial charge in [-0.2, -0.15) is 0 Å². The van der Waals surface area contributed by atoms with Gasteiger partial charge >= 0.3 is 0 Å². The van der Waals surface area contributed by atoms with Crippen molar-refractivity contribution >= 4 is 29.0 Å². The van der Waals surface area contributed by atoms with Gasteiger partial charge in [-0.25, -0.2) is 0 Å². The summed E-state index contributed by atoms with van der Waals surface area (Å²) >= 11 is 0. The van der Waals surface area contributed by atoms with Crippen molar-refractivity contribution in [3.05, 3.63) is 66.1 Å². The number of fused-ring (bicyclic) bond motifs is 1. The Bertz CT molecular complexity index is 722. The highest BCUT2D eigenvalue weighted by molar-refractivity contribution is 6.13. The van der Waals surface area contributed by atoms with Crippen molar-refractivity contribution < 1.29 is 4.84 Å². The zero-order valence-electron chi connectivity index (χ0n) is 11.9. The lowest BCUT2D eigenvalue weighted by Crippen LogP contribution is -2.09. The van der Waals surface area contributed by atoms with E-state index >= 15 is 0 Å². The summed E-state index contributed by atoms with van der Waals surface area (Å²) in [5, 5.41) is 5.32. The first-order valence-corrected chi connectivity index (χ1v) is 6.77. The van der Waals surface area contributed by atoms with E-state index < -0.39 is 0 Å². The van der Waals surface area contributed by atoms with Crippen LogP contribution in [0.5, 0.6) is 0 Å². The van der Waals surface area contributed by atoms with Gasteiger partial charge in [-0.05, 0) is 12.1 Å². The fraction of sp³-hybridized carbons (Fsp3) is 0.125. The Balaban J connectivity index is 0.00000176. The molecule has 114 valence electrons. The fourth-order valence-electron chi connectivity index (χ4n) is 2.12. The molecule has 5 nitrogen and oxygen atoms in total. The lowest BCUT2D eigenvalue weighted by atomic mass is 10.1. The van der Waals surface area contributed by atoms with Crippen LogP contribution in [0.1, 0.15) is 11.3 Å². The van der Waals surface area contributed by atoms with E-state index in [9.17, 15) is 0 Å². The van der Waals surface area contributed by atoms with Crippen molar-refractivity contribution in [3.63, 3.8) is 0 Å². The van der Waals surface area contributed by atoms with Crippen molar-refractivity contribution in [3.8, 4) is 0 Å². The Morgan fingerprint density at radius 3 is 2.77 bits per heavy atom. The number of aromatic nitrogens is 2. The quantitative estimate of drug-likeness (QED) is 0.431. The molecule has 6 heteroatoms. The topological polar surface area (TPSA) is 76.3 Å². The Hall–Kier alpha value is -2.37. The minimum absolute atomic E-state index is 0. The third-order valence-electron chi connectivity index (χ3n) is 3.09. The van der Waals surface area contributed by atoms with Crippen LogP contribution in [-0.2, 0) is 4.84 Å². The van der Waals surface area contributed by atoms with Crippen molar-refractivity contribution in [1.82, 2.24) is 9.97 Å². The fourth-order valence-corrected chi connectivity index (χ4v) is 2.12. The average Bonchev–Trinajstić information content (AvgIpc) is 2.96. The third-order valence-corrected chi connectivity index (χ3v) is 3.09. The van der Waals surface area contributed by atoms with Gasteiger partial charge in [0.2, 0.25) is 0 Å². The molecule has 0 spiro atoms. The van der Waals surface area contributed by atoms with Gasteiger partial charge in [-0.3, -0.25) is 4.98 Å². The number of pyridine rings is 1. The number of rotatable bonds is 5. The van der Waals surface area contributed by atoms with Gasteiger partial charge in [0.05, 0.1) is 17.4 Å². The van der Waals surface area contributed by atoms with E-state index in [2.05, 4.69) is 15.1 Å². The van der Waals surface area contributed by atoms with Gasteiger partial charge in [0.25, 0.3) is 0 Å². The van der Waals surface area contributed by atoms with Crippen molar-refractivity contribution in [2.24, 2.45) is 10.9 Å². The molecule has 0 amide bonds. The summed E-state index contributed by atoms with van der Waals surface area (Å²) in [5.74, 6) is 0. The van der Waals surface area contributed by atoms with E-state index in [0.29, 0.717) is 13.2 Å². The van der Waals surface area contributed by atoms with Crippen LogP contribution in [0.25, 0.3) is 10.9 Å². The van der Waals surface area contributed by atoms with Crippen molar-refractivity contribution in [2.75, 3.05) is 13.2 Å². The molecule has 3 aromatic rings. The van der Waals surface area contributed by atoms with Crippen LogP contribution in [0.2, 0.25) is 0 Å². The summed E-state index contributed by atoms with van der Waals surface area (Å²) < 4.78 is 0. The SMILES string of the molecule is Cl.NCCO/N=C(\c1ccccc1)c1cc2ccncc2[nH]1. The molecular weight excluding hydrogens is 300 g/mol. The number of nitrogens with one attached hydrogen (secondary N) is 1. The number of halogens is 1. The third kappa shape index (κ3) is 3.44. The molecule has 0 atom stereocenters. The van der Waals surface area contributed by atoms with Crippen molar-refractivity contribution in [2.45, 2.75) is 0 Å².